The molecule has 0 saturated heterocycles. The van der Waals surface area contributed by atoms with Crippen molar-refractivity contribution in [3.8, 4) is 0 Å². The Balaban J connectivity index is 2.29. The lowest BCUT2D eigenvalue weighted by molar-refractivity contribution is 0.146. The van der Waals surface area contributed by atoms with E-state index in [1.54, 1.807) is 0 Å². The van der Waals surface area contributed by atoms with Gasteiger partial charge in [-0.2, -0.15) is 0 Å². The molecule has 0 aromatic carbocycles. The zero-order chi connectivity index (χ0) is 12.4. The van der Waals surface area contributed by atoms with E-state index in [2.05, 4.69) is 46.9 Å². The van der Waals surface area contributed by atoms with E-state index in [1.165, 1.54) is 32.2 Å². The highest BCUT2D eigenvalue weighted by atomic mass is 14.9. The fourth-order valence-corrected chi connectivity index (χ4v) is 2.88. The monoisotopic (exact) mass is 225 g/mol. The van der Waals surface area contributed by atoms with Crippen LogP contribution in [0, 0.1) is 16.7 Å². The highest BCUT2D eigenvalue weighted by molar-refractivity contribution is 4.86. The molecular formula is C15H31N. The summed E-state index contributed by atoms with van der Waals surface area (Å²) >= 11 is 0. The first kappa shape index (κ1) is 14.0. The van der Waals surface area contributed by atoms with Crippen LogP contribution >= 0.6 is 0 Å². The van der Waals surface area contributed by atoms with E-state index in [4.69, 9.17) is 0 Å². The van der Waals surface area contributed by atoms with Crippen molar-refractivity contribution in [2.45, 2.75) is 73.3 Å². The lowest BCUT2D eigenvalue weighted by atomic mass is 9.70. The number of hydrogen-bond donors (Lipinski definition) is 1. The van der Waals surface area contributed by atoms with Crippen LogP contribution in [0.2, 0.25) is 0 Å². The zero-order valence-corrected chi connectivity index (χ0v) is 12.2. The molecule has 1 N–H and O–H groups in total. The first-order valence-electron chi connectivity index (χ1n) is 6.93. The number of hydrogen-bond acceptors (Lipinski definition) is 1. The maximum Gasteiger partial charge on any atom is 0.00930 e. The first-order valence-corrected chi connectivity index (χ1v) is 6.93. The molecule has 0 aliphatic heterocycles. The molecule has 2 unspecified atom stereocenters. The molecule has 1 aliphatic rings. The van der Waals surface area contributed by atoms with Crippen molar-refractivity contribution >= 4 is 0 Å². The van der Waals surface area contributed by atoms with Crippen molar-refractivity contribution in [3.05, 3.63) is 0 Å². The van der Waals surface area contributed by atoms with Gasteiger partial charge in [-0.1, -0.05) is 41.5 Å². The average molecular weight is 225 g/mol. The van der Waals surface area contributed by atoms with Crippen molar-refractivity contribution < 1.29 is 0 Å². The Morgan fingerprint density at radius 3 is 2.38 bits per heavy atom. The molecule has 1 rings (SSSR count). The summed E-state index contributed by atoms with van der Waals surface area (Å²) in [7, 11) is 0. The lowest BCUT2D eigenvalue weighted by Crippen LogP contribution is -2.42. The largest absolute Gasteiger partial charge is 0.314 e. The predicted octanol–water partition coefficient (Wildman–Crippen LogP) is 4.23. The van der Waals surface area contributed by atoms with Gasteiger partial charge in [0, 0.05) is 6.04 Å². The molecule has 1 saturated carbocycles. The van der Waals surface area contributed by atoms with Crippen LogP contribution in [-0.2, 0) is 0 Å². The summed E-state index contributed by atoms with van der Waals surface area (Å²) in [6.07, 6.45) is 5.39. The van der Waals surface area contributed by atoms with E-state index in [1.807, 2.05) is 0 Å². The van der Waals surface area contributed by atoms with Gasteiger partial charge < -0.3 is 5.32 Å². The van der Waals surface area contributed by atoms with Crippen molar-refractivity contribution in [1.82, 2.24) is 5.32 Å². The van der Waals surface area contributed by atoms with Crippen LogP contribution < -0.4 is 5.32 Å². The van der Waals surface area contributed by atoms with Crippen molar-refractivity contribution in [2.24, 2.45) is 16.7 Å². The van der Waals surface area contributed by atoms with E-state index < -0.39 is 0 Å². The topological polar surface area (TPSA) is 12.0 Å². The second kappa shape index (κ2) is 5.08. The van der Waals surface area contributed by atoms with Crippen molar-refractivity contribution in [1.29, 1.82) is 0 Å². The van der Waals surface area contributed by atoms with Gasteiger partial charge in [-0.3, -0.25) is 0 Å². The first-order chi connectivity index (χ1) is 7.20. The number of nitrogens with one attached hydrogen (secondary N) is 1. The molecule has 16 heavy (non-hydrogen) atoms. The van der Waals surface area contributed by atoms with Gasteiger partial charge in [0.1, 0.15) is 0 Å². The molecule has 0 radical (unpaired) electrons. The number of rotatable bonds is 3. The van der Waals surface area contributed by atoms with Crippen LogP contribution in [-0.4, -0.2) is 12.6 Å². The highest BCUT2D eigenvalue weighted by Gasteiger charge is 2.31. The van der Waals surface area contributed by atoms with Crippen LogP contribution in [0.25, 0.3) is 0 Å². The molecule has 96 valence electrons. The molecule has 0 aromatic heterocycles. The van der Waals surface area contributed by atoms with Gasteiger partial charge in [0.05, 0.1) is 0 Å². The molecule has 1 aliphatic carbocycles. The van der Waals surface area contributed by atoms with Gasteiger partial charge in [-0.25, -0.2) is 0 Å². The summed E-state index contributed by atoms with van der Waals surface area (Å²) < 4.78 is 0. The minimum atomic E-state index is 0.462. The second-order valence-corrected chi connectivity index (χ2v) is 7.76. The fraction of sp³-hybridized carbons (Fsp3) is 1.00. The SMILES string of the molecule is CC1CC(C)(C)CCC1NCCC(C)(C)C. The Morgan fingerprint density at radius 1 is 1.25 bits per heavy atom. The molecule has 0 amide bonds. The van der Waals surface area contributed by atoms with Crippen molar-refractivity contribution in [3.63, 3.8) is 0 Å². The van der Waals surface area contributed by atoms with Crippen LogP contribution in [0.15, 0.2) is 0 Å². The Bertz CT molecular complexity index is 212. The smallest absolute Gasteiger partial charge is 0.00930 e. The third kappa shape index (κ3) is 4.86. The summed E-state index contributed by atoms with van der Waals surface area (Å²) in [4.78, 5) is 0. The van der Waals surface area contributed by atoms with Gasteiger partial charge in [0.2, 0.25) is 0 Å². The van der Waals surface area contributed by atoms with E-state index in [9.17, 15) is 0 Å². The lowest BCUT2D eigenvalue weighted by Gasteiger charge is -2.40. The predicted molar refractivity (Wildman–Crippen MR) is 72.7 cm³/mol. The Morgan fingerprint density at radius 2 is 1.88 bits per heavy atom. The fourth-order valence-electron chi connectivity index (χ4n) is 2.88. The van der Waals surface area contributed by atoms with E-state index >= 15 is 0 Å². The summed E-state index contributed by atoms with van der Waals surface area (Å²) in [5.74, 6) is 0.837. The van der Waals surface area contributed by atoms with Crippen molar-refractivity contribution in [2.75, 3.05) is 6.54 Å². The Kier molecular flexibility index (Phi) is 4.45. The van der Waals surface area contributed by atoms with Crippen LogP contribution in [0.5, 0.6) is 0 Å². The van der Waals surface area contributed by atoms with Gasteiger partial charge >= 0.3 is 0 Å². The third-order valence-corrected chi connectivity index (χ3v) is 3.98. The molecule has 0 heterocycles. The van der Waals surface area contributed by atoms with E-state index in [-0.39, 0.29) is 0 Å². The van der Waals surface area contributed by atoms with Crippen LogP contribution in [0.4, 0.5) is 0 Å². The summed E-state index contributed by atoms with van der Waals surface area (Å²) in [6.45, 7) is 15.4. The molecule has 0 aromatic rings. The standard InChI is InChI=1S/C15H31N/c1-12-11-15(5,6)8-7-13(12)16-10-9-14(2,3)4/h12-13,16H,7-11H2,1-6H3. The van der Waals surface area contributed by atoms with Gasteiger partial charge in [0.25, 0.3) is 0 Å². The molecule has 0 spiro atoms. The summed E-state index contributed by atoms with van der Waals surface area (Å²) in [6, 6.07) is 0.760. The second-order valence-electron chi connectivity index (χ2n) is 7.76. The zero-order valence-electron chi connectivity index (χ0n) is 12.2. The van der Waals surface area contributed by atoms with Gasteiger partial charge in [-0.15, -0.1) is 0 Å². The van der Waals surface area contributed by atoms with Gasteiger partial charge in [-0.05, 0) is 49.0 Å². The highest BCUT2D eigenvalue weighted by Crippen LogP contribution is 2.38. The summed E-state index contributed by atoms with van der Waals surface area (Å²) in [5, 5.41) is 3.77. The Labute approximate surface area is 102 Å². The molecule has 0 bridgehead atoms. The third-order valence-electron chi connectivity index (χ3n) is 3.98. The molecule has 1 heteroatoms. The van der Waals surface area contributed by atoms with E-state index in [0.29, 0.717) is 10.8 Å². The summed E-state index contributed by atoms with van der Waals surface area (Å²) in [5.41, 5.74) is 1.03. The molecule has 1 fully saturated rings. The molecule has 1 nitrogen and oxygen atoms in total. The molecule has 2 atom stereocenters. The quantitative estimate of drug-likeness (QED) is 0.758. The molecular weight excluding hydrogens is 194 g/mol. The average Bonchev–Trinajstić information content (AvgIpc) is 2.06. The maximum atomic E-state index is 3.77. The minimum Gasteiger partial charge on any atom is -0.314 e. The van der Waals surface area contributed by atoms with Gasteiger partial charge in [0.15, 0.2) is 0 Å². The van der Waals surface area contributed by atoms with Crippen LogP contribution in [0.3, 0.4) is 0 Å². The van der Waals surface area contributed by atoms with E-state index in [0.717, 1.165) is 12.0 Å². The normalized spacial score (nSPS) is 30.4. The maximum absolute atomic E-state index is 3.77. The Hall–Kier alpha value is -0.0400. The van der Waals surface area contributed by atoms with Crippen LogP contribution in [0.1, 0.15) is 67.2 Å². The minimum absolute atomic E-state index is 0.462.